The number of carbonyl (C=O) groups is 1. The van der Waals surface area contributed by atoms with E-state index in [0.717, 1.165) is 0 Å². The van der Waals surface area contributed by atoms with Crippen LogP contribution in [-0.4, -0.2) is 17.7 Å². The Kier molecular flexibility index (Phi) is 3.31. The average Bonchev–Trinajstić information content (AvgIpc) is 2.15. The Morgan fingerprint density at radius 3 is 2.77 bits per heavy atom. The zero-order valence-corrected chi connectivity index (χ0v) is 7.06. The Morgan fingerprint density at radius 2 is 2.15 bits per heavy atom. The van der Waals surface area contributed by atoms with Crippen molar-refractivity contribution < 1.29 is 14.6 Å². The number of ether oxygens (including phenoxy) is 1. The van der Waals surface area contributed by atoms with Crippen LogP contribution in [0, 0.1) is 6.92 Å². The van der Waals surface area contributed by atoms with Crippen LogP contribution in [0.1, 0.15) is 16.8 Å². The largest absolute Gasteiger partial charge is 0.493 e. The second-order valence-corrected chi connectivity index (χ2v) is 2.44. The second kappa shape index (κ2) is 4.50. The third kappa shape index (κ3) is 2.47. The van der Waals surface area contributed by atoms with E-state index in [-0.39, 0.29) is 5.56 Å². The third-order valence-electron chi connectivity index (χ3n) is 1.49. The van der Waals surface area contributed by atoms with Crippen LogP contribution >= 0.6 is 0 Å². The van der Waals surface area contributed by atoms with Crippen molar-refractivity contribution in [3.05, 3.63) is 36.8 Å². The molecule has 2 radical (unpaired) electrons. The molecular formula is C10H10O3. The van der Waals surface area contributed by atoms with Gasteiger partial charge in [0, 0.05) is 0 Å². The van der Waals surface area contributed by atoms with Crippen LogP contribution in [0.25, 0.3) is 0 Å². The minimum atomic E-state index is -0.993. The first-order chi connectivity index (χ1) is 6.25. The number of benzene rings is 1. The lowest BCUT2D eigenvalue weighted by Crippen LogP contribution is -2.03. The van der Waals surface area contributed by atoms with Gasteiger partial charge < -0.3 is 9.84 Å². The van der Waals surface area contributed by atoms with Gasteiger partial charge in [-0.1, -0.05) is 12.1 Å². The number of hydrogen-bond donors (Lipinski definition) is 1. The van der Waals surface area contributed by atoms with E-state index < -0.39 is 5.97 Å². The number of aromatic carboxylic acids is 1. The minimum Gasteiger partial charge on any atom is -0.493 e. The Morgan fingerprint density at radius 1 is 1.46 bits per heavy atom. The SMILES string of the molecule is [CH]CCOc1ccccc1C(=O)O. The molecule has 0 heterocycles. The second-order valence-electron chi connectivity index (χ2n) is 2.44. The fourth-order valence-corrected chi connectivity index (χ4v) is 0.938. The summed E-state index contributed by atoms with van der Waals surface area (Å²) in [4.78, 5) is 10.7. The van der Waals surface area contributed by atoms with Gasteiger partial charge in [0.25, 0.3) is 0 Å². The van der Waals surface area contributed by atoms with Crippen LogP contribution in [0.3, 0.4) is 0 Å². The minimum absolute atomic E-state index is 0.163. The summed E-state index contributed by atoms with van der Waals surface area (Å²) in [6.07, 6.45) is 0.369. The molecule has 0 amide bonds. The van der Waals surface area contributed by atoms with Gasteiger partial charge in [-0.3, -0.25) is 0 Å². The standard InChI is InChI=1S/C10H10O3/c1-2-7-13-9-6-4-3-5-8(9)10(11)12/h1,3-6H,2,7H2,(H,11,12). The molecule has 0 saturated carbocycles. The highest BCUT2D eigenvalue weighted by Gasteiger charge is 2.08. The molecule has 0 atom stereocenters. The Balaban J connectivity index is 2.84. The highest BCUT2D eigenvalue weighted by Crippen LogP contribution is 2.17. The van der Waals surface area contributed by atoms with Crippen LogP contribution in [0.5, 0.6) is 5.75 Å². The van der Waals surface area contributed by atoms with Gasteiger partial charge in [0.05, 0.1) is 6.61 Å². The molecular weight excluding hydrogens is 168 g/mol. The van der Waals surface area contributed by atoms with E-state index >= 15 is 0 Å². The van der Waals surface area contributed by atoms with Crippen molar-refractivity contribution in [1.29, 1.82) is 0 Å². The maximum Gasteiger partial charge on any atom is 0.339 e. The van der Waals surface area contributed by atoms with Gasteiger partial charge in [-0.05, 0) is 25.5 Å². The molecule has 0 spiro atoms. The number of para-hydroxylation sites is 1. The summed E-state index contributed by atoms with van der Waals surface area (Å²) in [6.45, 7) is 5.55. The zero-order chi connectivity index (χ0) is 9.68. The van der Waals surface area contributed by atoms with Gasteiger partial charge in [-0.15, -0.1) is 0 Å². The van der Waals surface area contributed by atoms with Crippen LogP contribution in [0.2, 0.25) is 0 Å². The predicted octanol–water partition coefficient (Wildman–Crippen LogP) is 1.86. The van der Waals surface area contributed by atoms with Crippen molar-refractivity contribution in [3.63, 3.8) is 0 Å². The van der Waals surface area contributed by atoms with E-state index in [1.165, 1.54) is 6.07 Å². The zero-order valence-electron chi connectivity index (χ0n) is 7.06. The fraction of sp³-hybridized carbons (Fsp3) is 0.200. The Hall–Kier alpha value is -1.51. The molecule has 0 unspecified atom stereocenters. The van der Waals surface area contributed by atoms with E-state index in [1.807, 2.05) is 0 Å². The number of carboxylic acid groups (broad SMARTS) is 1. The topological polar surface area (TPSA) is 46.5 Å². The monoisotopic (exact) mass is 178 g/mol. The lowest BCUT2D eigenvalue weighted by molar-refractivity contribution is 0.0692. The predicted molar refractivity (Wildman–Crippen MR) is 47.8 cm³/mol. The lowest BCUT2D eigenvalue weighted by atomic mass is 10.2. The summed E-state index contributed by atoms with van der Waals surface area (Å²) in [7, 11) is 0. The van der Waals surface area contributed by atoms with Crippen LogP contribution in [-0.2, 0) is 0 Å². The van der Waals surface area contributed by atoms with Crippen LogP contribution < -0.4 is 4.74 Å². The van der Waals surface area contributed by atoms with Gasteiger partial charge in [0.15, 0.2) is 0 Å². The molecule has 0 aliphatic carbocycles. The molecule has 1 rings (SSSR count). The molecule has 0 aliphatic rings. The molecule has 1 aromatic rings. The molecule has 1 N–H and O–H groups in total. The van der Waals surface area contributed by atoms with E-state index in [2.05, 4.69) is 0 Å². The smallest absolute Gasteiger partial charge is 0.339 e. The summed E-state index contributed by atoms with van der Waals surface area (Å²) in [5.74, 6) is -0.631. The van der Waals surface area contributed by atoms with Crippen molar-refractivity contribution in [2.75, 3.05) is 6.61 Å². The third-order valence-corrected chi connectivity index (χ3v) is 1.49. The maximum atomic E-state index is 10.7. The van der Waals surface area contributed by atoms with Crippen LogP contribution in [0.15, 0.2) is 24.3 Å². The average molecular weight is 178 g/mol. The molecule has 0 aromatic heterocycles. The maximum absolute atomic E-state index is 10.7. The van der Waals surface area contributed by atoms with Crippen molar-refractivity contribution >= 4 is 5.97 Å². The summed E-state index contributed by atoms with van der Waals surface area (Å²) in [5.41, 5.74) is 0.163. The molecule has 0 saturated heterocycles. The van der Waals surface area contributed by atoms with Gasteiger partial charge in [-0.2, -0.15) is 0 Å². The van der Waals surface area contributed by atoms with Crippen molar-refractivity contribution in [2.24, 2.45) is 0 Å². The molecule has 68 valence electrons. The van der Waals surface area contributed by atoms with Gasteiger partial charge in [-0.25, -0.2) is 4.79 Å². The first-order valence-electron chi connectivity index (χ1n) is 3.91. The first-order valence-corrected chi connectivity index (χ1v) is 3.91. The number of rotatable bonds is 4. The molecule has 0 aliphatic heterocycles. The molecule has 0 fully saturated rings. The summed E-state index contributed by atoms with van der Waals surface area (Å²) < 4.78 is 5.14. The van der Waals surface area contributed by atoms with Crippen molar-refractivity contribution in [2.45, 2.75) is 6.42 Å². The molecule has 3 nitrogen and oxygen atoms in total. The van der Waals surface area contributed by atoms with Crippen molar-refractivity contribution in [3.8, 4) is 5.75 Å². The highest BCUT2D eigenvalue weighted by atomic mass is 16.5. The lowest BCUT2D eigenvalue weighted by Gasteiger charge is -2.06. The van der Waals surface area contributed by atoms with E-state index in [0.29, 0.717) is 18.8 Å². The molecule has 3 heteroatoms. The van der Waals surface area contributed by atoms with Gasteiger partial charge >= 0.3 is 5.97 Å². The van der Waals surface area contributed by atoms with Gasteiger partial charge in [0.2, 0.25) is 0 Å². The molecule has 0 bridgehead atoms. The fourth-order valence-electron chi connectivity index (χ4n) is 0.938. The number of hydrogen-bond acceptors (Lipinski definition) is 2. The van der Waals surface area contributed by atoms with E-state index in [1.54, 1.807) is 18.2 Å². The quantitative estimate of drug-likeness (QED) is 0.765. The molecule has 1 aromatic carbocycles. The first kappa shape index (κ1) is 9.58. The normalized spacial score (nSPS) is 9.62. The van der Waals surface area contributed by atoms with E-state index in [9.17, 15) is 4.79 Å². The Labute approximate surface area is 77.0 Å². The van der Waals surface area contributed by atoms with Gasteiger partial charge in [0.1, 0.15) is 11.3 Å². The van der Waals surface area contributed by atoms with E-state index in [4.69, 9.17) is 16.8 Å². The molecule has 13 heavy (non-hydrogen) atoms. The van der Waals surface area contributed by atoms with Crippen molar-refractivity contribution in [1.82, 2.24) is 0 Å². The van der Waals surface area contributed by atoms with Crippen LogP contribution in [0.4, 0.5) is 0 Å². The summed E-state index contributed by atoms with van der Waals surface area (Å²) in [6, 6.07) is 6.48. The Bertz CT molecular complexity index is 294. The number of carboxylic acids is 1. The summed E-state index contributed by atoms with van der Waals surface area (Å²) in [5, 5.41) is 8.75. The highest BCUT2D eigenvalue weighted by molar-refractivity contribution is 5.90. The summed E-state index contributed by atoms with van der Waals surface area (Å²) >= 11 is 0.